The first-order valence-corrected chi connectivity index (χ1v) is 6.99. The summed E-state index contributed by atoms with van der Waals surface area (Å²) in [5, 5.41) is 2.90. The number of amides is 1. The van der Waals surface area contributed by atoms with Gasteiger partial charge in [-0.25, -0.2) is 4.79 Å². The van der Waals surface area contributed by atoms with E-state index >= 15 is 0 Å². The van der Waals surface area contributed by atoms with E-state index in [-0.39, 0.29) is 12.1 Å². The maximum Gasteiger partial charge on any atom is 0.407 e. The van der Waals surface area contributed by atoms with Crippen LogP contribution in [0.4, 0.5) is 4.79 Å². The molecule has 0 heterocycles. The first-order valence-electron chi connectivity index (χ1n) is 6.99. The minimum Gasteiger partial charge on any atom is -0.444 e. The molecule has 1 atom stereocenters. The van der Waals surface area contributed by atoms with Crippen molar-refractivity contribution in [3.8, 4) is 0 Å². The van der Waals surface area contributed by atoms with Crippen molar-refractivity contribution < 1.29 is 9.53 Å². The monoisotopic (exact) mass is 283 g/mol. The molecule has 1 amide bonds. The number of allylic oxidation sites excluding steroid dienone is 2. The van der Waals surface area contributed by atoms with E-state index < -0.39 is 5.60 Å². The molecule has 0 rings (SSSR count). The molecule has 0 aromatic rings. The number of ether oxygens (including phenoxy) is 1. The summed E-state index contributed by atoms with van der Waals surface area (Å²) in [5.74, 6) is 0. The summed E-state index contributed by atoms with van der Waals surface area (Å²) in [7, 11) is 3.73. The van der Waals surface area contributed by atoms with Crippen LogP contribution in [-0.4, -0.2) is 49.5 Å². The predicted octanol–water partition coefficient (Wildman–Crippen LogP) is 2.83. The van der Waals surface area contributed by atoms with Crippen LogP contribution in [0.25, 0.3) is 0 Å². The third kappa shape index (κ3) is 8.56. The second kappa shape index (κ2) is 8.61. The molecule has 0 aromatic carbocycles. The van der Waals surface area contributed by atoms with Crippen LogP contribution in [0.15, 0.2) is 16.8 Å². The zero-order valence-corrected chi connectivity index (χ0v) is 13.9. The van der Waals surface area contributed by atoms with E-state index in [1.54, 1.807) is 13.3 Å². The van der Waals surface area contributed by atoms with E-state index in [0.717, 1.165) is 18.7 Å². The summed E-state index contributed by atoms with van der Waals surface area (Å²) in [6, 6.07) is 0.0526. The van der Waals surface area contributed by atoms with Crippen molar-refractivity contribution in [1.82, 2.24) is 10.2 Å². The standard InChI is InChI=1S/C15H29N3O2/c1-8-13(17-14(19)20-15(3,4)5)11-18(7)12(2)9-10-16-6/h9-10,13H,8,11H2,1-7H3,(H,17,19). The molecule has 0 fully saturated rings. The van der Waals surface area contributed by atoms with Crippen LogP contribution in [0.5, 0.6) is 0 Å². The van der Waals surface area contributed by atoms with Crippen LogP contribution < -0.4 is 5.32 Å². The number of carbonyl (C=O) groups is 1. The molecule has 1 N–H and O–H groups in total. The van der Waals surface area contributed by atoms with Crippen LogP contribution in [0.2, 0.25) is 0 Å². The topological polar surface area (TPSA) is 53.9 Å². The first kappa shape index (κ1) is 18.5. The second-order valence-electron chi connectivity index (χ2n) is 5.85. The summed E-state index contributed by atoms with van der Waals surface area (Å²) in [4.78, 5) is 17.8. The highest BCUT2D eigenvalue weighted by atomic mass is 16.6. The molecule has 0 aromatic heterocycles. The highest BCUT2D eigenvalue weighted by Crippen LogP contribution is 2.08. The highest BCUT2D eigenvalue weighted by molar-refractivity contribution is 5.71. The Kier molecular flexibility index (Phi) is 7.96. The van der Waals surface area contributed by atoms with Gasteiger partial charge >= 0.3 is 6.09 Å². The van der Waals surface area contributed by atoms with Crippen molar-refractivity contribution in [2.24, 2.45) is 4.99 Å². The van der Waals surface area contributed by atoms with E-state index in [1.807, 2.05) is 47.7 Å². The van der Waals surface area contributed by atoms with Crippen molar-refractivity contribution in [3.05, 3.63) is 11.8 Å². The molecule has 5 nitrogen and oxygen atoms in total. The van der Waals surface area contributed by atoms with Gasteiger partial charge in [-0.05, 0) is 40.2 Å². The number of hydrogen-bond donors (Lipinski definition) is 1. The number of likely N-dealkylation sites (N-methyl/N-ethyl adjacent to an activating group) is 1. The largest absolute Gasteiger partial charge is 0.444 e. The minimum absolute atomic E-state index is 0.0526. The SMILES string of the molecule is CCC(CN(C)C(C)=CC=NC)NC(=O)OC(C)(C)C. The molecule has 0 spiro atoms. The molecule has 0 saturated carbocycles. The Morgan fingerprint density at radius 3 is 2.50 bits per heavy atom. The number of rotatable bonds is 6. The second-order valence-corrected chi connectivity index (χ2v) is 5.85. The quantitative estimate of drug-likeness (QED) is 0.763. The molecule has 1 unspecified atom stereocenters. The fourth-order valence-electron chi connectivity index (χ4n) is 1.54. The number of nitrogens with one attached hydrogen (secondary N) is 1. The molecular formula is C15H29N3O2. The van der Waals surface area contributed by atoms with Crippen molar-refractivity contribution in [3.63, 3.8) is 0 Å². The summed E-state index contributed by atoms with van der Waals surface area (Å²) < 4.78 is 5.27. The van der Waals surface area contributed by atoms with E-state index in [1.165, 1.54) is 0 Å². The van der Waals surface area contributed by atoms with Gasteiger partial charge in [0.05, 0.1) is 0 Å². The van der Waals surface area contributed by atoms with Gasteiger partial charge in [0, 0.05) is 38.6 Å². The molecule has 5 heteroatoms. The maximum absolute atomic E-state index is 11.8. The predicted molar refractivity (Wildman–Crippen MR) is 84.3 cm³/mol. The van der Waals surface area contributed by atoms with Crippen molar-refractivity contribution in [2.75, 3.05) is 20.6 Å². The molecule has 116 valence electrons. The van der Waals surface area contributed by atoms with Gasteiger partial charge in [0.15, 0.2) is 0 Å². The molecule has 0 bridgehead atoms. The number of alkyl carbamates (subject to hydrolysis) is 1. The van der Waals surface area contributed by atoms with Gasteiger partial charge < -0.3 is 15.0 Å². The normalized spacial score (nSPS) is 14.2. The summed E-state index contributed by atoms with van der Waals surface area (Å²) in [5.41, 5.74) is 0.627. The molecule has 20 heavy (non-hydrogen) atoms. The van der Waals surface area contributed by atoms with Gasteiger partial charge in [-0.1, -0.05) is 6.92 Å². The first-order chi connectivity index (χ1) is 9.19. The zero-order chi connectivity index (χ0) is 15.8. The molecule has 0 radical (unpaired) electrons. The van der Waals surface area contributed by atoms with E-state index in [2.05, 4.69) is 15.2 Å². The Labute approximate surface area is 123 Å². The van der Waals surface area contributed by atoms with Gasteiger partial charge in [0.1, 0.15) is 5.60 Å². The van der Waals surface area contributed by atoms with E-state index in [9.17, 15) is 4.79 Å². The van der Waals surface area contributed by atoms with Crippen molar-refractivity contribution in [2.45, 2.75) is 52.7 Å². The lowest BCUT2D eigenvalue weighted by Gasteiger charge is -2.27. The molecular weight excluding hydrogens is 254 g/mol. The lowest BCUT2D eigenvalue weighted by atomic mass is 10.2. The Bertz CT molecular complexity index is 357. The number of carbonyl (C=O) groups excluding carboxylic acids is 1. The van der Waals surface area contributed by atoms with Crippen molar-refractivity contribution >= 4 is 12.3 Å². The van der Waals surface area contributed by atoms with Gasteiger partial charge in [0.2, 0.25) is 0 Å². The Hall–Kier alpha value is -1.52. The average Bonchev–Trinajstić information content (AvgIpc) is 2.32. The Morgan fingerprint density at radius 1 is 1.45 bits per heavy atom. The number of aliphatic imine (C=N–C) groups is 1. The van der Waals surface area contributed by atoms with Crippen LogP contribution in [0.3, 0.4) is 0 Å². The van der Waals surface area contributed by atoms with Gasteiger partial charge in [-0.3, -0.25) is 4.99 Å². The summed E-state index contributed by atoms with van der Waals surface area (Å²) >= 11 is 0. The summed E-state index contributed by atoms with van der Waals surface area (Å²) in [6.07, 6.45) is 4.18. The fourth-order valence-corrected chi connectivity index (χ4v) is 1.54. The minimum atomic E-state index is -0.471. The van der Waals surface area contributed by atoms with Crippen LogP contribution in [0.1, 0.15) is 41.0 Å². The van der Waals surface area contributed by atoms with Gasteiger partial charge in [-0.15, -0.1) is 0 Å². The smallest absolute Gasteiger partial charge is 0.407 e. The Morgan fingerprint density at radius 2 is 2.05 bits per heavy atom. The van der Waals surface area contributed by atoms with Crippen LogP contribution in [-0.2, 0) is 4.74 Å². The average molecular weight is 283 g/mol. The van der Waals surface area contributed by atoms with Gasteiger partial charge in [0.25, 0.3) is 0 Å². The van der Waals surface area contributed by atoms with Crippen LogP contribution >= 0.6 is 0 Å². The zero-order valence-electron chi connectivity index (χ0n) is 13.9. The molecule has 0 aliphatic heterocycles. The van der Waals surface area contributed by atoms with Crippen molar-refractivity contribution in [1.29, 1.82) is 0 Å². The highest BCUT2D eigenvalue weighted by Gasteiger charge is 2.19. The third-order valence-corrected chi connectivity index (χ3v) is 2.77. The van der Waals surface area contributed by atoms with Gasteiger partial charge in [-0.2, -0.15) is 0 Å². The number of nitrogens with zero attached hydrogens (tertiary/aromatic N) is 2. The molecule has 0 aliphatic carbocycles. The lowest BCUT2D eigenvalue weighted by molar-refractivity contribution is 0.0496. The lowest BCUT2D eigenvalue weighted by Crippen LogP contribution is -2.44. The molecule has 0 saturated heterocycles. The third-order valence-electron chi connectivity index (χ3n) is 2.77. The van der Waals surface area contributed by atoms with Crippen LogP contribution in [0, 0.1) is 0 Å². The van der Waals surface area contributed by atoms with E-state index in [0.29, 0.717) is 0 Å². The Balaban J connectivity index is 4.45. The molecule has 0 aliphatic rings. The summed E-state index contributed by atoms with van der Waals surface area (Å²) in [6.45, 7) is 10.4. The fraction of sp³-hybridized carbons (Fsp3) is 0.733. The number of hydrogen-bond acceptors (Lipinski definition) is 4. The maximum atomic E-state index is 11.8. The van der Waals surface area contributed by atoms with E-state index in [4.69, 9.17) is 4.74 Å².